The van der Waals surface area contributed by atoms with Crippen LogP contribution in [0.5, 0.6) is 0 Å². The molecule has 0 aliphatic heterocycles. The van der Waals surface area contributed by atoms with E-state index in [0.717, 1.165) is 3.57 Å². The van der Waals surface area contributed by atoms with Crippen molar-refractivity contribution in [1.82, 2.24) is 0 Å². The van der Waals surface area contributed by atoms with Crippen LogP contribution in [0.1, 0.15) is 0 Å². The Morgan fingerprint density at radius 2 is 1.86 bits per heavy atom. The van der Waals surface area contributed by atoms with E-state index in [4.69, 9.17) is 34.8 Å². The van der Waals surface area contributed by atoms with Crippen LogP contribution in [0.25, 0.3) is 0 Å². The first-order valence-electron chi connectivity index (χ1n) is 3.54. The minimum atomic E-state index is -1.93. The summed E-state index contributed by atoms with van der Waals surface area (Å²) in [5, 5.41) is 2.51. The zero-order valence-corrected chi connectivity index (χ0v) is 11.2. The molecule has 0 aliphatic rings. The SMILES string of the molecule is O=C(Nc1ccccc1I)C(Cl)(Cl)Cl. The number of amides is 1. The fourth-order valence-electron chi connectivity index (χ4n) is 0.756. The Kier molecular flexibility index (Phi) is 4.30. The topological polar surface area (TPSA) is 29.1 Å². The average molecular weight is 364 g/mol. The predicted octanol–water partition coefficient (Wildman–Crippen LogP) is 3.60. The number of halogens is 4. The van der Waals surface area contributed by atoms with Crippen molar-refractivity contribution in [3.05, 3.63) is 27.8 Å². The lowest BCUT2D eigenvalue weighted by Gasteiger charge is -2.12. The van der Waals surface area contributed by atoms with E-state index in [1.165, 1.54) is 0 Å². The fourth-order valence-corrected chi connectivity index (χ4v) is 1.42. The van der Waals surface area contributed by atoms with E-state index in [1.807, 2.05) is 12.1 Å². The van der Waals surface area contributed by atoms with E-state index in [-0.39, 0.29) is 0 Å². The molecule has 0 bridgehead atoms. The maximum atomic E-state index is 11.3. The van der Waals surface area contributed by atoms with Gasteiger partial charge < -0.3 is 5.32 Å². The number of rotatable bonds is 1. The van der Waals surface area contributed by atoms with Crippen LogP contribution in [0.3, 0.4) is 0 Å². The zero-order valence-electron chi connectivity index (χ0n) is 6.73. The largest absolute Gasteiger partial charge is 0.321 e. The van der Waals surface area contributed by atoms with Crippen LogP contribution >= 0.6 is 57.4 Å². The Hall–Kier alpha value is 0.290. The minimum absolute atomic E-state index is 0.629. The second kappa shape index (κ2) is 4.88. The number of hydrogen-bond donors (Lipinski definition) is 1. The molecule has 0 heterocycles. The Bertz CT molecular complexity index is 351. The molecule has 2 nitrogen and oxygen atoms in total. The second-order valence-electron chi connectivity index (χ2n) is 2.43. The molecule has 1 aromatic rings. The smallest absolute Gasteiger partial charge is 0.276 e. The monoisotopic (exact) mass is 363 g/mol. The number of anilines is 1. The van der Waals surface area contributed by atoms with Crippen molar-refractivity contribution >= 4 is 69.0 Å². The molecule has 1 rings (SSSR count). The molecule has 0 saturated carbocycles. The summed E-state index contributed by atoms with van der Waals surface area (Å²) >= 11 is 18.3. The second-order valence-corrected chi connectivity index (χ2v) is 5.88. The maximum Gasteiger partial charge on any atom is 0.276 e. The molecule has 0 aliphatic carbocycles. The summed E-state index contributed by atoms with van der Waals surface area (Å²) in [6.07, 6.45) is 0. The molecule has 0 spiro atoms. The highest BCUT2D eigenvalue weighted by Crippen LogP contribution is 2.28. The first-order valence-corrected chi connectivity index (χ1v) is 5.75. The number of alkyl halides is 3. The molecule has 1 N–H and O–H groups in total. The lowest BCUT2D eigenvalue weighted by Crippen LogP contribution is -2.27. The minimum Gasteiger partial charge on any atom is -0.321 e. The van der Waals surface area contributed by atoms with Crippen LogP contribution in [0.15, 0.2) is 24.3 Å². The van der Waals surface area contributed by atoms with Gasteiger partial charge in [-0.15, -0.1) is 0 Å². The van der Waals surface area contributed by atoms with E-state index < -0.39 is 9.70 Å². The van der Waals surface area contributed by atoms with Crippen LogP contribution < -0.4 is 5.32 Å². The molecule has 6 heteroatoms. The third-order valence-electron chi connectivity index (χ3n) is 1.38. The number of para-hydroxylation sites is 1. The van der Waals surface area contributed by atoms with Gasteiger partial charge in [-0.05, 0) is 34.7 Å². The molecule has 0 atom stereocenters. The molecule has 0 fully saturated rings. The molecular formula is C8H5Cl3INO. The summed E-state index contributed by atoms with van der Waals surface area (Å²) in [6.45, 7) is 0. The van der Waals surface area contributed by atoms with Crippen LogP contribution in [0.4, 0.5) is 5.69 Å². The van der Waals surface area contributed by atoms with Crippen molar-refractivity contribution in [2.45, 2.75) is 3.79 Å². The van der Waals surface area contributed by atoms with Gasteiger partial charge in [-0.3, -0.25) is 4.79 Å². The van der Waals surface area contributed by atoms with Gasteiger partial charge in [0, 0.05) is 3.57 Å². The third-order valence-corrected chi connectivity index (χ3v) is 2.84. The summed E-state index contributed by atoms with van der Waals surface area (Å²) in [4.78, 5) is 11.3. The van der Waals surface area contributed by atoms with E-state index in [2.05, 4.69) is 27.9 Å². The number of hydrogen-bond acceptors (Lipinski definition) is 1. The van der Waals surface area contributed by atoms with Crippen LogP contribution in [0.2, 0.25) is 0 Å². The van der Waals surface area contributed by atoms with E-state index in [1.54, 1.807) is 12.1 Å². The molecule has 76 valence electrons. The van der Waals surface area contributed by atoms with Crippen molar-refractivity contribution in [2.24, 2.45) is 0 Å². The maximum absolute atomic E-state index is 11.3. The Morgan fingerprint density at radius 3 is 2.36 bits per heavy atom. The van der Waals surface area contributed by atoms with Gasteiger partial charge in [-0.2, -0.15) is 0 Å². The van der Waals surface area contributed by atoms with Gasteiger partial charge in [0.05, 0.1) is 5.69 Å². The Morgan fingerprint density at radius 1 is 1.29 bits per heavy atom. The fraction of sp³-hybridized carbons (Fsp3) is 0.125. The van der Waals surface area contributed by atoms with Gasteiger partial charge in [-0.25, -0.2) is 0 Å². The highest BCUT2D eigenvalue weighted by atomic mass is 127. The molecule has 0 unspecified atom stereocenters. The van der Waals surface area contributed by atoms with E-state index in [0.29, 0.717) is 5.69 Å². The van der Waals surface area contributed by atoms with Gasteiger partial charge in [0.25, 0.3) is 9.70 Å². The first-order chi connectivity index (χ1) is 6.41. The van der Waals surface area contributed by atoms with Gasteiger partial charge in [0.2, 0.25) is 0 Å². The number of nitrogens with one attached hydrogen (secondary N) is 1. The normalized spacial score (nSPS) is 11.1. The molecule has 1 amide bonds. The summed E-state index contributed by atoms with van der Waals surface area (Å²) in [5.74, 6) is -0.661. The van der Waals surface area contributed by atoms with Crippen molar-refractivity contribution < 1.29 is 4.79 Å². The quantitative estimate of drug-likeness (QED) is 0.599. The molecule has 0 radical (unpaired) electrons. The lowest BCUT2D eigenvalue weighted by molar-refractivity contribution is -0.115. The van der Waals surface area contributed by atoms with Crippen LogP contribution in [-0.2, 0) is 4.79 Å². The molecule has 0 aromatic heterocycles. The summed E-state index contributed by atoms with van der Waals surface area (Å²) in [7, 11) is 0. The van der Waals surface area contributed by atoms with Gasteiger partial charge in [0.1, 0.15) is 0 Å². The third kappa shape index (κ3) is 3.46. The lowest BCUT2D eigenvalue weighted by atomic mass is 10.3. The number of benzene rings is 1. The molecule has 0 saturated heterocycles. The summed E-state index contributed by atoms with van der Waals surface area (Å²) in [5.41, 5.74) is 0.629. The van der Waals surface area contributed by atoms with Crippen molar-refractivity contribution in [3.63, 3.8) is 0 Å². The highest BCUT2D eigenvalue weighted by molar-refractivity contribution is 14.1. The average Bonchev–Trinajstić information content (AvgIpc) is 2.07. The van der Waals surface area contributed by atoms with Gasteiger partial charge >= 0.3 is 0 Å². The van der Waals surface area contributed by atoms with Gasteiger partial charge in [-0.1, -0.05) is 46.9 Å². The van der Waals surface area contributed by atoms with Crippen LogP contribution in [0, 0.1) is 3.57 Å². The predicted molar refractivity (Wildman–Crippen MR) is 68.1 cm³/mol. The summed E-state index contributed by atoms with van der Waals surface area (Å²) < 4.78 is -1.05. The first kappa shape index (κ1) is 12.4. The van der Waals surface area contributed by atoms with E-state index >= 15 is 0 Å². The molecular weight excluding hydrogens is 359 g/mol. The van der Waals surface area contributed by atoms with Crippen molar-refractivity contribution in [2.75, 3.05) is 5.32 Å². The van der Waals surface area contributed by atoms with Crippen LogP contribution in [-0.4, -0.2) is 9.70 Å². The molecule has 1 aromatic carbocycles. The number of carbonyl (C=O) groups is 1. The highest BCUT2D eigenvalue weighted by Gasteiger charge is 2.30. The Balaban J connectivity index is 2.80. The van der Waals surface area contributed by atoms with E-state index in [9.17, 15) is 4.79 Å². The zero-order chi connectivity index (χ0) is 10.8. The molecule has 14 heavy (non-hydrogen) atoms. The number of carbonyl (C=O) groups excluding carboxylic acids is 1. The summed E-state index contributed by atoms with van der Waals surface area (Å²) in [6, 6.07) is 7.22. The standard InChI is InChI=1S/C8H5Cl3INO/c9-8(10,11)7(14)13-6-4-2-1-3-5(6)12/h1-4H,(H,13,14). The van der Waals surface area contributed by atoms with Gasteiger partial charge in [0.15, 0.2) is 0 Å². The van der Waals surface area contributed by atoms with Crippen molar-refractivity contribution in [3.8, 4) is 0 Å². The Labute approximate surface area is 110 Å². The van der Waals surface area contributed by atoms with Crippen molar-refractivity contribution in [1.29, 1.82) is 0 Å².